The van der Waals surface area contributed by atoms with E-state index in [2.05, 4.69) is 20.2 Å². The highest BCUT2D eigenvalue weighted by atomic mass is 35.5. The van der Waals surface area contributed by atoms with Crippen LogP contribution >= 0.6 is 11.6 Å². The Morgan fingerprint density at radius 3 is 2.17 bits per heavy atom. The third-order valence-corrected chi connectivity index (χ3v) is 3.62. The minimum absolute atomic E-state index is 0.403. The first-order valence-corrected chi connectivity index (χ1v) is 7.73. The number of rotatable bonds is 3. The number of ether oxygens (including phenoxy) is 2. The van der Waals surface area contributed by atoms with E-state index >= 15 is 0 Å². The summed E-state index contributed by atoms with van der Waals surface area (Å²) in [5.74, 6) is 2.42. The van der Waals surface area contributed by atoms with Crippen LogP contribution in [-0.2, 0) is 0 Å². The number of halogens is 1. The molecule has 0 atom stereocenters. The Morgan fingerprint density at radius 1 is 1.00 bits per heavy atom. The summed E-state index contributed by atoms with van der Waals surface area (Å²) in [5, 5.41) is 3.71. The molecular formula is C16H21ClN4O2. The minimum atomic E-state index is 0.403. The number of aromatic nitrogens is 2. The topological polar surface area (TPSA) is 59.5 Å². The fraction of sp³-hybridized carbons (Fsp3) is 0.375. The highest BCUT2D eigenvalue weighted by molar-refractivity contribution is 6.30. The van der Waals surface area contributed by atoms with E-state index in [-0.39, 0.29) is 0 Å². The van der Waals surface area contributed by atoms with Gasteiger partial charge >= 0.3 is 0 Å². The first kappa shape index (κ1) is 17.3. The van der Waals surface area contributed by atoms with Crippen LogP contribution in [0, 0.1) is 0 Å². The van der Waals surface area contributed by atoms with Crippen molar-refractivity contribution in [1.29, 1.82) is 0 Å². The molecule has 124 valence electrons. The summed E-state index contributed by atoms with van der Waals surface area (Å²) in [4.78, 5) is 10.4. The van der Waals surface area contributed by atoms with Gasteiger partial charge in [0.1, 0.15) is 0 Å². The van der Waals surface area contributed by atoms with Gasteiger partial charge in [0.25, 0.3) is 0 Å². The number of nitrogens with one attached hydrogen (secondary N) is 1. The molecule has 0 aromatic carbocycles. The maximum Gasteiger partial charge on any atom is 0.171 e. The Kier molecular flexibility index (Phi) is 6.90. The van der Waals surface area contributed by atoms with Crippen LogP contribution in [0.5, 0.6) is 11.5 Å². The monoisotopic (exact) mass is 336 g/mol. The second kappa shape index (κ2) is 9.17. The SMILES string of the molecule is COc1cccnc1Cl.COc1cccnc1N1CCNCC1. The largest absolute Gasteiger partial charge is 0.494 e. The molecule has 0 bridgehead atoms. The summed E-state index contributed by atoms with van der Waals surface area (Å²) in [7, 11) is 3.24. The molecule has 1 N–H and O–H groups in total. The van der Waals surface area contributed by atoms with Crippen molar-refractivity contribution < 1.29 is 9.47 Å². The second-order valence-electron chi connectivity index (χ2n) is 4.76. The van der Waals surface area contributed by atoms with Gasteiger partial charge in [0.15, 0.2) is 22.5 Å². The molecule has 1 fully saturated rings. The van der Waals surface area contributed by atoms with E-state index < -0.39 is 0 Å². The fourth-order valence-electron chi connectivity index (χ4n) is 2.18. The van der Waals surface area contributed by atoms with E-state index in [9.17, 15) is 0 Å². The zero-order valence-electron chi connectivity index (χ0n) is 13.3. The Labute approximate surface area is 141 Å². The molecular weight excluding hydrogens is 316 g/mol. The number of methoxy groups -OCH3 is 2. The van der Waals surface area contributed by atoms with Crippen molar-refractivity contribution in [1.82, 2.24) is 15.3 Å². The van der Waals surface area contributed by atoms with Gasteiger partial charge in [-0.25, -0.2) is 9.97 Å². The van der Waals surface area contributed by atoms with Gasteiger partial charge in [0.2, 0.25) is 0 Å². The summed E-state index contributed by atoms with van der Waals surface area (Å²) >= 11 is 5.59. The molecule has 1 aliphatic rings. The van der Waals surface area contributed by atoms with Crippen LogP contribution in [0.3, 0.4) is 0 Å². The predicted molar refractivity (Wildman–Crippen MR) is 91.7 cm³/mol. The number of pyridine rings is 2. The average Bonchev–Trinajstić information content (AvgIpc) is 2.63. The standard InChI is InChI=1S/C10H15N3O.C6H6ClNO/c1-14-9-3-2-4-12-10(9)13-7-5-11-6-8-13;1-9-5-3-2-4-8-6(5)7/h2-4,11H,5-8H2,1H3;2-4H,1H3. The number of hydrogen-bond donors (Lipinski definition) is 1. The summed E-state index contributed by atoms with van der Waals surface area (Å²) in [6.45, 7) is 4.01. The lowest BCUT2D eigenvalue weighted by molar-refractivity contribution is 0.411. The molecule has 0 radical (unpaired) electrons. The second-order valence-corrected chi connectivity index (χ2v) is 5.12. The van der Waals surface area contributed by atoms with Crippen molar-refractivity contribution in [2.45, 2.75) is 0 Å². The maximum absolute atomic E-state index is 5.59. The molecule has 1 saturated heterocycles. The van der Waals surface area contributed by atoms with Crippen LogP contribution in [0.1, 0.15) is 0 Å². The Balaban J connectivity index is 0.000000185. The van der Waals surface area contributed by atoms with Gasteiger partial charge in [-0.15, -0.1) is 0 Å². The van der Waals surface area contributed by atoms with E-state index in [1.807, 2.05) is 12.1 Å². The number of hydrogen-bond acceptors (Lipinski definition) is 6. The third kappa shape index (κ3) is 4.97. The lowest BCUT2D eigenvalue weighted by Gasteiger charge is -2.29. The first-order valence-electron chi connectivity index (χ1n) is 7.35. The van der Waals surface area contributed by atoms with Crippen molar-refractivity contribution in [3.8, 4) is 11.5 Å². The van der Waals surface area contributed by atoms with Gasteiger partial charge in [-0.2, -0.15) is 0 Å². The van der Waals surface area contributed by atoms with Crippen molar-refractivity contribution in [2.24, 2.45) is 0 Å². The molecule has 0 amide bonds. The van der Waals surface area contributed by atoms with Gasteiger partial charge in [0, 0.05) is 38.6 Å². The summed E-state index contributed by atoms with van der Waals surface area (Å²) in [6.07, 6.45) is 3.42. The summed E-state index contributed by atoms with van der Waals surface area (Å²) in [5.41, 5.74) is 0. The van der Waals surface area contributed by atoms with E-state index in [0.717, 1.165) is 37.7 Å². The van der Waals surface area contributed by atoms with E-state index in [4.69, 9.17) is 21.1 Å². The highest BCUT2D eigenvalue weighted by Crippen LogP contribution is 2.24. The maximum atomic E-state index is 5.59. The molecule has 23 heavy (non-hydrogen) atoms. The van der Waals surface area contributed by atoms with Gasteiger partial charge in [-0.3, -0.25) is 0 Å². The predicted octanol–water partition coefficient (Wildman–Crippen LogP) is 2.24. The molecule has 0 unspecified atom stereocenters. The van der Waals surface area contributed by atoms with Gasteiger partial charge < -0.3 is 19.7 Å². The number of nitrogens with zero attached hydrogens (tertiary/aromatic N) is 3. The van der Waals surface area contributed by atoms with Crippen molar-refractivity contribution in [3.63, 3.8) is 0 Å². The fourth-order valence-corrected chi connectivity index (χ4v) is 2.38. The quantitative estimate of drug-likeness (QED) is 0.867. The smallest absolute Gasteiger partial charge is 0.171 e. The van der Waals surface area contributed by atoms with E-state index in [1.165, 1.54) is 0 Å². The van der Waals surface area contributed by atoms with Crippen molar-refractivity contribution in [3.05, 3.63) is 41.8 Å². The number of piperazine rings is 1. The molecule has 0 aliphatic carbocycles. The van der Waals surface area contributed by atoms with E-state index in [0.29, 0.717) is 10.9 Å². The normalized spacial score (nSPS) is 13.8. The third-order valence-electron chi connectivity index (χ3n) is 3.33. The molecule has 0 saturated carbocycles. The Hall–Kier alpha value is -2.05. The minimum Gasteiger partial charge on any atom is -0.494 e. The molecule has 0 spiro atoms. The molecule has 6 nitrogen and oxygen atoms in total. The highest BCUT2D eigenvalue weighted by Gasteiger charge is 2.15. The van der Waals surface area contributed by atoms with Crippen LogP contribution in [0.2, 0.25) is 5.15 Å². The summed E-state index contributed by atoms with van der Waals surface area (Å²) in [6, 6.07) is 7.37. The van der Waals surface area contributed by atoms with Crippen LogP contribution < -0.4 is 19.7 Å². The molecule has 2 aromatic rings. The van der Waals surface area contributed by atoms with Crippen LogP contribution in [0.25, 0.3) is 0 Å². The zero-order chi connectivity index (χ0) is 16.5. The molecule has 7 heteroatoms. The van der Waals surface area contributed by atoms with Gasteiger partial charge in [-0.05, 0) is 24.3 Å². The molecule has 2 aromatic heterocycles. The van der Waals surface area contributed by atoms with E-state index in [1.54, 1.807) is 38.7 Å². The first-order chi connectivity index (χ1) is 11.3. The molecule has 3 heterocycles. The molecule has 1 aliphatic heterocycles. The van der Waals surface area contributed by atoms with Gasteiger partial charge in [-0.1, -0.05) is 11.6 Å². The van der Waals surface area contributed by atoms with Gasteiger partial charge in [0.05, 0.1) is 14.2 Å². The van der Waals surface area contributed by atoms with Crippen molar-refractivity contribution in [2.75, 3.05) is 45.3 Å². The Bertz CT molecular complexity index is 606. The summed E-state index contributed by atoms with van der Waals surface area (Å²) < 4.78 is 10.1. The van der Waals surface area contributed by atoms with Crippen LogP contribution in [0.4, 0.5) is 5.82 Å². The van der Waals surface area contributed by atoms with Crippen LogP contribution in [0.15, 0.2) is 36.7 Å². The lowest BCUT2D eigenvalue weighted by Crippen LogP contribution is -2.44. The average molecular weight is 337 g/mol. The van der Waals surface area contributed by atoms with Crippen molar-refractivity contribution >= 4 is 17.4 Å². The number of anilines is 1. The Morgan fingerprint density at radius 2 is 1.61 bits per heavy atom. The zero-order valence-corrected chi connectivity index (χ0v) is 14.1. The van der Waals surface area contributed by atoms with Crippen LogP contribution in [-0.4, -0.2) is 50.4 Å². The lowest BCUT2D eigenvalue weighted by atomic mass is 10.3. The molecule has 3 rings (SSSR count).